The van der Waals surface area contributed by atoms with Gasteiger partial charge in [-0.2, -0.15) is 0 Å². The second-order valence-electron chi connectivity index (χ2n) is 10.1. The van der Waals surface area contributed by atoms with E-state index in [1.807, 2.05) is 0 Å². The molecule has 6 nitrogen and oxygen atoms in total. The molecular formula is C28H30F3N3O3. The number of anilines is 1. The van der Waals surface area contributed by atoms with Gasteiger partial charge in [0.15, 0.2) is 5.82 Å². The Kier molecular flexibility index (Phi) is 7.71. The van der Waals surface area contributed by atoms with Crippen molar-refractivity contribution in [2.24, 2.45) is 5.41 Å². The topological polar surface area (TPSA) is 75.6 Å². The SMILES string of the molecule is Cc1ncc(-c2cnc(OCCc3c(F)cccc3F)c(F)c2)c(N2CCC(C)(C)CC2)c1CC(=O)O. The highest BCUT2D eigenvalue weighted by molar-refractivity contribution is 5.84. The fraction of sp³-hybridized carbons (Fsp3) is 0.393. The van der Waals surface area contributed by atoms with Crippen LogP contribution in [0, 0.1) is 29.8 Å². The Bertz CT molecular complexity index is 1280. The first kappa shape index (κ1) is 26.4. The quantitative estimate of drug-likeness (QED) is 0.414. The zero-order valence-electron chi connectivity index (χ0n) is 21.2. The summed E-state index contributed by atoms with van der Waals surface area (Å²) in [6.07, 6.45) is 4.64. The zero-order chi connectivity index (χ0) is 26.7. The fourth-order valence-corrected chi connectivity index (χ4v) is 4.61. The molecule has 1 aliphatic rings. The average Bonchev–Trinajstić information content (AvgIpc) is 2.83. The highest BCUT2D eigenvalue weighted by Gasteiger charge is 2.29. The van der Waals surface area contributed by atoms with Crippen molar-refractivity contribution in [2.75, 3.05) is 24.6 Å². The molecule has 2 aromatic heterocycles. The predicted octanol–water partition coefficient (Wildman–Crippen LogP) is 5.74. The normalized spacial score (nSPS) is 15.0. The Balaban J connectivity index is 1.62. The number of carboxylic acid groups (broad SMARTS) is 1. The first-order valence-electron chi connectivity index (χ1n) is 12.2. The minimum absolute atomic E-state index is 0.0860. The molecule has 0 saturated carbocycles. The molecule has 0 amide bonds. The van der Waals surface area contributed by atoms with Gasteiger partial charge in [-0.15, -0.1) is 0 Å². The third-order valence-corrected chi connectivity index (χ3v) is 6.90. The Labute approximate surface area is 214 Å². The number of aromatic nitrogens is 2. The Morgan fingerprint density at radius 2 is 1.73 bits per heavy atom. The number of pyridine rings is 2. The summed E-state index contributed by atoms with van der Waals surface area (Å²) in [6.45, 7) is 7.50. The number of ether oxygens (including phenoxy) is 1. The van der Waals surface area contributed by atoms with Crippen molar-refractivity contribution in [2.45, 2.75) is 46.5 Å². The molecule has 0 aliphatic carbocycles. The lowest BCUT2D eigenvalue weighted by Gasteiger charge is -2.40. The van der Waals surface area contributed by atoms with Crippen molar-refractivity contribution in [3.8, 4) is 17.0 Å². The number of halogens is 3. The molecule has 0 unspecified atom stereocenters. The van der Waals surface area contributed by atoms with Crippen molar-refractivity contribution < 1.29 is 27.8 Å². The highest BCUT2D eigenvalue weighted by atomic mass is 19.1. The summed E-state index contributed by atoms with van der Waals surface area (Å²) in [4.78, 5) is 22.3. The monoisotopic (exact) mass is 513 g/mol. The molecule has 196 valence electrons. The molecule has 4 rings (SSSR count). The van der Waals surface area contributed by atoms with Crippen LogP contribution in [0.4, 0.5) is 18.9 Å². The standard InChI is InChI=1S/C28H30F3N3O3/c1-17-20(14-25(35)36)26(34-10-8-28(2,3)9-11-34)21(16-32-17)18-13-24(31)27(33-15-18)37-12-7-19-22(29)5-4-6-23(19)30/h4-6,13,15-16H,7-12,14H2,1-3H3,(H,35,36). The fourth-order valence-electron chi connectivity index (χ4n) is 4.61. The van der Waals surface area contributed by atoms with Crippen LogP contribution in [0.15, 0.2) is 36.7 Å². The van der Waals surface area contributed by atoms with Crippen LogP contribution in [0.5, 0.6) is 5.88 Å². The lowest BCUT2D eigenvalue weighted by molar-refractivity contribution is -0.136. The number of benzene rings is 1. The summed E-state index contributed by atoms with van der Waals surface area (Å²) in [6, 6.07) is 4.85. The van der Waals surface area contributed by atoms with E-state index in [-0.39, 0.29) is 36.3 Å². The van der Waals surface area contributed by atoms with E-state index in [9.17, 15) is 18.7 Å². The summed E-state index contributed by atoms with van der Waals surface area (Å²) in [7, 11) is 0. The molecule has 1 aliphatic heterocycles. The van der Waals surface area contributed by atoms with Crippen molar-refractivity contribution in [3.63, 3.8) is 0 Å². The highest BCUT2D eigenvalue weighted by Crippen LogP contribution is 2.40. The van der Waals surface area contributed by atoms with E-state index >= 15 is 4.39 Å². The number of carboxylic acids is 1. The number of hydrogen-bond acceptors (Lipinski definition) is 5. The maximum atomic E-state index is 15.0. The van der Waals surface area contributed by atoms with Crippen LogP contribution in [-0.4, -0.2) is 40.7 Å². The molecule has 1 N–H and O–H groups in total. The van der Waals surface area contributed by atoms with Crippen molar-refractivity contribution >= 4 is 11.7 Å². The van der Waals surface area contributed by atoms with E-state index in [4.69, 9.17) is 4.74 Å². The van der Waals surface area contributed by atoms with Crippen LogP contribution in [0.25, 0.3) is 11.1 Å². The van der Waals surface area contributed by atoms with Crippen LogP contribution in [0.2, 0.25) is 0 Å². The van der Waals surface area contributed by atoms with E-state index in [0.29, 0.717) is 22.4 Å². The van der Waals surface area contributed by atoms with Gasteiger partial charge in [-0.3, -0.25) is 9.78 Å². The molecular weight excluding hydrogens is 483 g/mol. The number of nitrogens with zero attached hydrogens (tertiary/aromatic N) is 3. The summed E-state index contributed by atoms with van der Waals surface area (Å²) in [5, 5.41) is 9.56. The van der Waals surface area contributed by atoms with Crippen LogP contribution in [0.1, 0.15) is 43.5 Å². The van der Waals surface area contributed by atoms with Gasteiger partial charge < -0.3 is 14.7 Å². The molecule has 3 aromatic rings. The van der Waals surface area contributed by atoms with Crippen LogP contribution in [0.3, 0.4) is 0 Å². The van der Waals surface area contributed by atoms with Crippen molar-refractivity contribution in [3.05, 3.63) is 70.9 Å². The van der Waals surface area contributed by atoms with Gasteiger partial charge >= 0.3 is 5.97 Å². The third kappa shape index (κ3) is 6.03. The molecule has 0 radical (unpaired) electrons. The Morgan fingerprint density at radius 1 is 1.05 bits per heavy atom. The van der Waals surface area contributed by atoms with Gasteiger partial charge in [-0.25, -0.2) is 18.2 Å². The minimum atomic E-state index is -0.972. The van der Waals surface area contributed by atoms with E-state index in [1.165, 1.54) is 18.3 Å². The molecule has 0 bridgehead atoms. The van der Waals surface area contributed by atoms with Gasteiger partial charge in [0.25, 0.3) is 0 Å². The first-order chi connectivity index (χ1) is 17.6. The molecule has 9 heteroatoms. The molecule has 0 spiro atoms. The average molecular weight is 514 g/mol. The predicted molar refractivity (Wildman–Crippen MR) is 134 cm³/mol. The van der Waals surface area contributed by atoms with E-state index in [1.54, 1.807) is 13.1 Å². The Hall–Kier alpha value is -3.62. The van der Waals surface area contributed by atoms with Gasteiger partial charge in [-0.1, -0.05) is 19.9 Å². The molecule has 37 heavy (non-hydrogen) atoms. The van der Waals surface area contributed by atoms with E-state index < -0.39 is 23.4 Å². The van der Waals surface area contributed by atoms with Crippen LogP contribution >= 0.6 is 0 Å². The Morgan fingerprint density at radius 3 is 2.35 bits per heavy atom. The van der Waals surface area contributed by atoms with Gasteiger partial charge in [0, 0.05) is 59.9 Å². The maximum Gasteiger partial charge on any atom is 0.307 e. The molecule has 3 heterocycles. The van der Waals surface area contributed by atoms with Gasteiger partial charge in [-0.05, 0) is 43.4 Å². The largest absolute Gasteiger partial charge is 0.481 e. The smallest absolute Gasteiger partial charge is 0.307 e. The summed E-state index contributed by atoms with van der Waals surface area (Å²) < 4.78 is 48.1. The van der Waals surface area contributed by atoms with Gasteiger partial charge in [0.1, 0.15) is 11.6 Å². The van der Waals surface area contributed by atoms with Crippen LogP contribution < -0.4 is 9.64 Å². The molecule has 0 atom stereocenters. The number of rotatable bonds is 8. The van der Waals surface area contributed by atoms with E-state index in [0.717, 1.165) is 43.8 Å². The number of piperidine rings is 1. The lowest BCUT2D eigenvalue weighted by atomic mass is 9.82. The van der Waals surface area contributed by atoms with Crippen LogP contribution in [-0.2, 0) is 17.6 Å². The maximum absolute atomic E-state index is 15.0. The summed E-state index contributed by atoms with van der Waals surface area (Å²) in [5.74, 6) is -3.37. The number of aliphatic carboxylic acids is 1. The summed E-state index contributed by atoms with van der Waals surface area (Å²) in [5.41, 5.74) is 3.01. The number of carbonyl (C=O) groups is 1. The second-order valence-corrected chi connectivity index (χ2v) is 10.1. The molecule has 1 fully saturated rings. The lowest BCUT2D eigenvalue weighted by Crippen LogP contribution is -2.38. The minimum Gasteiger partial charge on any atom is -0.481 e. The van der Waals surface area contributed by atoms with Crippen molar-refractivity contribution in [1.82, 2.24) is 9.97 Å². The van der Waals surface area contributed by atoms with Crippen molar-refractivity contribution in [1.29, 1.82) is 0 Å². The first-order valence-corrected chi connectivity index (χ1v) is 12.2. The second kappa shape index (κ2) is 10.8. The number of aryl methyl sites for hydroxylation is 1. The number of hydrogen-bond donors (Lipinski definition) is 1. The molecule has 1 aromatic carbocycles. The third-order valence-electron chi connectivity index (χ3n) is 6.90. The zero-order valence-corrected chi connectivity index (χ0v) is 21.2. The van der Waals surface area contributed by atoms with Gasteiger partial charge in [0.2, 0.25) is 5.88 Å². The molecule has 1 saturated heterocycles. The summed E-state index contributed by atoms with van der Waals surface area (Å²) >= 11 is 0. The van der Waals surface area contributed by atoms with E-state index in [2.05, 4.69) is 28.7 Å². The van der Waals surface area contributed by atoms with Gasteiger partial charge in [0.05, 0.1) is 18.7 Å².